The summed E-state index contributed by atoms with van der Waals surface area (Å²) in [7, 11) is 0. The molecule has 1 amide bonds. The zero-order valence-corrected chi connectivity index (χ0v) is 15.3. The lowest BCUT2D eigenvalue weighted by molar-refractivity contribution is -0.683. The Hall–Kier alpha value is -2.07. The zero-order valence-electron chi connectivity index (χ0n) is 13.0. The SMILES string of the molecule is O=C(C[n+]1cccc(-c2ccccc2)c1)Nc1c(Cl)cc(Cl)cc1Cl. The fraction of sp³-hybridized carbons (Fsp3) is 0.0526. The number of halogens is 3. The quantitative estimate of drug-likeness (QED) is 0.605. The molecule has 0 aliphatic carbocycles. The number of rotatable bonds is 4. The van der Waals surface area contributed by atoms with E-state index in [0.717, 1.165) is 11.1 Å². The summed E-state index contributed by atoms with van der Waals surface area (Å²) in [5.41, 5.74) is 2.47. The minimum absolute atomic E-state index is 0.135. The van der Waals surface area contributed by atoms with Gasteiger partial charge in [-0.3, -0.25) is 4.79 Å². The van der Waals surface area contributed by atoms with Gasteiger partial charge < -0.3 is 5.32 Å². The van der Waals surface area contributed by atoms with E-state index in [1.807, 2.05) is 54.9 Å². The lowest BCUT2D eigenvalue weighted by atomic mass is 10.1. The molecule has 0 bridgehead atoms. The van der Waals surface area contributed by atoms with Crippen LogP contribution in [-0.2, 0) is 11.3 Å². The highest BCUT2D eigenvalue weighted by molar-refractivity contribution is 6.42. The van der Waals surface area contributed by atoms with Crippen LogP contribution in [0, 0.1) is 0 Å². The average molecular weight is 393 g/mol. The van der Waals surface area contributed by atoms with Crippen LogP contribution in [0.1, 0.15) is 0 Å². The van der Waals surface area contributed by atoms with E-state index in [9.17, 15) is 4.79 Å². The summed E-state index contributed by atoms with van der Waals surface area (Å²) in [4.78, 5) is 12.3. The second kappa shape index (κ2) is 7.87. The van der Waals surface area contributed by atoms with Gasteiger partial charge in [0.25, 0.3) is 5.91 Å². The van der Waals surface area contributed by atoms with Gasteiger partial charge in [0.1, 0.15) is 0 Å². The van der Waals surface area contributed by atoms with E-state index in [-0.39, 0.29) is 12.5 Å². The number of hydrogen-bond donors (Lipinski definition) is 1. The van der Waals surface area contributed by atoms with Gasteiger partial charge in [0.15, 0.2) is 12.4 Å². The fourth-order valence-electron chi connectivity index (χ4n) is 2.43. The van der Waals surface area contributed by atoms with Crippen LogP contribution in [0.5, 0.6) is 0 Å². The standard InChI is InChI=1S/C19H13Cl3N2O/c20-15-9-16(21)19(17(22)10-15)23-18(25)12-24-8-4-7-14(11-24)13-5-2-1-3-6-13/h1-11H,12H2/p+1. The van der Waals surface area contributed by atoms with E-state index >= 15 is 0 Å². The second-order valence-electron chi connectivity index (χ2n) is 5.42. The molecule has 0 radical (unpaired) electrons. The maximum absolute atomic E-state index is 12.3. The molecule has 0 unspecified atom stereocenters. The van der Waals surface area contributed by atoms with Crippen molar-refractivity contribution in [1.82, 2.24) is 0 Å². The van der Waals surface area contributed by atoms with E-state index in [0.29, 0.717) is 20.8 Å². The summed E-state index contributed by atoms with van der Waals surface area (Å²) >= 11 is 18.1. The molecule has 1 N–H and O–H groups in total. The van der Waals surface area contributed by atoms with E-state index in [1.54, 1.807) is 4.57 Å². The first-order valence-corrected chi connectivity index (χ1v) is 8.65. The highest BCUT2D eigenvalue weighted by Gasteiger charge is 2.15. The number of benzene rings is 2. The smallest absolute Gasteiger partial charge is 0.290 e. The van der Waals surface area contributed by atoms with Gasteiger partial charge in [-0.25, -0.2) is 0 Å². The molecule has 2 aromatic carbocycles. The molecule has 3 rings (SSSR count). The molecule has 0 saturated carbocycles. The van der Waals surface area contributed by atoms with Gasteiger partial charge in [-0.2, -0.15) is 4.57 Å². The number of nitrogens with zero attached hydrogens (tertiary/aromatic N) is 1. The van der Waals surface area contributed by atoms with Crippen molar-refractivity contribution in [3.05, 3.63) is 82.1 Å². The van der Waals surface area contributed by atoms with Crippen LogP contribution in [0.25, 0.3) is 11.1 Å². The van der Waals surface area contributed by atoms with E-state index < -0.39 is 0 Å². The van der Waals surface area contributed by atoms with Gasteiger partial charge in [-0.1, -0.05) is 65.1 Å². The van der Waals surface area contributed by atoms with E-state index in [1.165, 1.54) is 12.1 Å². The first-order chi connectivity index (χ1) is 12.0. The highest BCUT2D eigenvalue weighted by Crippen LogP contribution is 2.33. The molecule has 126 valence electrons. The van der Waals surface area contributed by atoms with Crippen LogP contribution < -0.4 is 9.88 Å². The Labute approximate surface area is 160 Å². The third-order valence-electron chi connectivity index (χ3n) is 3.56. The van der Waals surface area contributed by atoms with Crippen molar-refractivity contribution in [2.75, 3.05) is 5.32 Å². The van der Waals surface area contributed by atoms with Gasteiger partial charge in [0.05, 0.1) is 15.7 Å². The number of nitrogens with one attached hydrogen (secondary N) is 1. The number of carbonyl (C=O) groups is 1. The van der Waals surface area contributed by atoms with Gasteiger partial charge in [0.2, 0.25) is 6.54 Å². The summed E-state index contributed by atoms with van der Waals surface area (Å²) in [5, 5.41) is 3.75. The molecular weight excluding hydrogens is 379 g/mol. The van der Waals surface area contributed by atoms with E-state index in [2.05, 4.69) is 5.32 Å². The van der Waals surface area contributed by atoms with Crippen LogP contribution in [0.15, 0.2) is 67.0 Å². The zero-order chi connectivity index (χ0) is 17.8. The average Bonchev–Trinajstić information content (AvgIpc) is 2.59. The topological polar surface area (TPSA) is 33.0 Å². The Kier molecular flexibility index (Phi) is 5.59. The monoisotopic (exact) mass is 391 g/mol. The van der Waals surface area contributed by atoms with Crippen LogP contribution in [0.4, 0.5) is 5.69 Å². The molecule has 25 heavy (non-hydrogen) atoms. The summed E-state index contributed by atoms with van der Waals surface area (Å²) in [6.45, 7) is 0.135. The third-order valence-corrected chi connectivity index (χ3v) is 4.38. The maximum Gasteiger partial charge on any atom is 0.290 e. The molecule has 0 aliphatic rings. The first kappa shape index (κ1) is 17.7. The number of hydrogen-bond acceptors (Lipinski definition) is 1. The predicted octanol–water partition coefficient (Wildman–Crippen LogP) is 5.24. The van der Waals surface area contributed by atoms with E-state index in [4.69, 9.17) is 34.8 Å². The lowest BCUT2D eigenvalue weighted by Crippen LogP contribution is -2.39. The Morgan fingerprint density at radius 1 is 0.920 bits per heavy atom. The molecule has 0 saturated heterocycles. The van der Waals surface area contributed by atoms with Crippen LogP contribution in [-0.4, -0.2) is 5.91 Å². The first-order valence-electron chi connectivity index (χ1n) is 7.52. The molecule has 1 aromatic heterocycles. The van der Waals surface area contributed by atoms with Crippen molar-refractivity contribution < 1.29 is 9.36 Å². The number of carbonyl (C=O) groups excluding carboxylic acids is 1. The molecule has 0 fully saturated rings. The van der Waals surface area contributed by atoms with Gasteiger partial charge in [0, 0.05) is 16.7 Å². The maximum atomic E-state index is 12.3. The van der Waals surface area contributed by atoms with Gasteiger partial charge >= 0.3 is 0 Å². The van der Waals surface area contributed by atoms with Crippen molar-refractivity contribution in [2.45, 2.75) is 6.54 Å². The Balaban J connectivity index is 1.76. The van der Waals surface area contributed by atoms with Crippen molar-refractivity contribution in [2.24, 2.45) is 0 Å². The summed E-state index contributed by atoms with van der Waals surface area (Å²) < 4.78 is 1.80. The van der Waals surface area contributed by atoms with Gasteiger partial charge in [-0.05, 0) is 23.8 Å². The fourth-order valence-corrected chi connectivity index (χ4v) is 3.34. The van der Waals surface area contributed by atoms with Crippen LogP contribution in [0.2, 0.25) is 15.1 Å². The summed E-state index contributed by atoms with van der Waals surface area (Å²) in [6, 6.07) is 16.9. The largest absolute Gasteiger partial charge is 0.318 e. The van der Waals surface area contributed by atoms with Crippen molar-refractivity contribution >= 4 is 46.4 Å². The Morgan fingerprint density at radius 2 is 1.56 bits per heavy atom. The lowest BCUT2D eigenvalue weighted by Gasteiger charge is -2.08. The van der Waals surface area contributed by atoms with Crippen LogP contribution >= 0.6 is 34.8 Å². The van der Waals surface area contributed by atoms with Crippen molar-refractivity contribution in [1.29, 1.82) is 0 Å². The van der Waals surface area contributed by atoms with Crippen LogP contribution in [0.3, 0.4) is 0 Å². The summed E-state index contributed by atoms with van der Waals surface area (Å²) in [5.74, 6) is -0.235. The molecule has 0 aliphatic heterocycles. The molecule has 1 heterocycles. The summed E-state index contributed by atoms with van der Waals surface area (Å²) in [6.07, 6.45) is 3.75. The minimum Gasteiger partial charge on any atom is -0.318 e. The minimum atomic E-state index is -0.235. The van der Waals surface area contributed by atoms with Crippen molar-refractivity contribution in [3.8, 4) is 11.1 Å². The third kappa shape index (κ3) is 4.51. The normalized spacial score (nSPS) is 10.5. The molecule has 6 heteroatoms. The highest BCUT2D eigenvalue weighted by atomic mass is 35.5. The Morgan fingerprint density at radius 3 is 2.24 bits per heavy atom. The number of amides is 1. The van der Waals surface area contributed by atoms with Crippen molar-refractivity contribution in [3.63, 3.8) is 0 Å². The molecule has 3 nitrogen and oxygen atoms in total. The predicted molar refractivity (Wildman–Crippen MR) is 102 cm³/mol. The molecular formula is C19H14Cl3N2O+. The molecule has 3 aromatic rings. The number of pyridine rings is 1. The Bertz CT molecular complexity index is 891. The van der Waals surface area contributed by atoms with Gasteiger partial charge in [-0.15, -0.1) is 0 Å². The molecule has 0 atom stereocenters. The number of anilines is 1. The number of aromatic nitrogens is 1. The molecule has 0 spiro atoms. The second-order valence-corrected chi connectivity index (χ2v) is 6.67.